The minimum atomic E-state index is -5.08. The zero-order chi connectivity index (χ0) is 46.4. The summed E-state index contributed by atoms with van der Waals surface area (Å²) in [6.07, 6.45) is -8.43. The van der Waals surface area contributed by atoms with E-state index in [1.54, 1.807) is 24.3 Å². The lowest BCUT2D eigenvalue weighted by Gasteiger charge is -2.31. The van der Waals surface area contributed by atoms with Gasteiger partial charge in [-0.15, -0.1) is 11.8 Å². The third-order valence-corrected chi connectivity index (χ3v) is 11.4. The normalized spacial score (nSPS) is 28.6. The number of thioether (sulfide) groups is 1. The number of fused-ring (bicyclic) bond motifs is 5. The number of aliphatic carboxylic acids is 1. The zero-order valence-corrected chi connectivity index (χ0v) is 34.7. The van der Waals surface area contributed by atoms with Gasteiger partial charge in [-0.3, -0.25) is 33.6 Å². The second-order valence-electron chi connectivity index (χ2n) is 15.5. The summed E-state index contributed by atoms with van der Waals surface area (Å²) in [5, 5.41) is 55.7. The summed E-state index contributed by atoms with van der Waals surface area (Å²) in [7, 11) is 0. The number of nitrogens with zero attached hydrogens (tertiary/aromatic N) is 1. The van der Waals surface area contributed by atoms with Gasteiger partial charge < -0.3 is 67.9 Å². The van der Waals surface area contributed by atoms with E-state index in [1.807, 2.05) is 0 Å². The fourth-order valence-electron chi connectivity index (χ4n) is 6.76. The summed E-state index contributed by atoms with van der Waals surface area (Å²) in [4.78, 5) is 110. The molecule has 3 aliphatic heterocycles. The van der Waals surface area contributed by atoms with E-state index < -0.39 is 120 Å². The number of aromatic nitrogens is 1. The first-order chi connectivity index (χ1) is 28.8. The number of nitrogens with one attached hydrogen (secondary N) is 7. The number of carboxylic acids is 1. The number of halogens is 3. The molecule has 0 saturated carbocycles. The van der Waals surface area contributed by atoms with Crippen LogP contribution in [0.15, 0.2) is 29.3 Å². The number of carboxylic acid groups (broad SMARTS) is 1. The second-order valence-corrected chi connectivity index (χ2v) is 16.5. The molecule has 0 aliphatic carbocycles. The molecule has 0 spiro atoms. The van der Waals surface area contributed by atoms with Crippen molar-refractivity contribution in [3.63, 3.8) is 0 Å². The standard InChI is InChI=1S/C35H49N9O10S.C2HF3O2/c1-15-27(47)39-22-10-20-19-7-5-6-8-21(19)42-33(20)55-13-24(34(53)44-12-18(46)9-25(44)31(51)38-15)41-32(52)26(17(3)45)43-28(48)16(2)37-30(50)23(40-29(22)49)11-35(4,54)14-36;3-2(4,5)1(6)7/h5-8,15-18,22-26,42,45-46,54H,9-14,36H2,1-4H3,(H,37,50)(H,38,51)(H,39,47)(H,40,49)(H,41,52)(H,43,48);(H,6,7)/t15-,16-,17-,18-,22-,23-,24-,25-,26+,35+;/m0./s1. The van der Waals surface area contributed by atoms with Crippen molar-refractivity contribution in [1.29, 1.82) is 0 Å². The number of carbonyl (C=O) groups excluding carboxylic acids is 7. The van der Waals surface area contributed by atoms with Crippen molar-refractivity contribution in [2.45, 2.75) is 118 Å². The molecule has 13 N–H and O–H groups in total. The summed E-state index contributed by atoms with van der Waals surface area (Å²) in [5.74, 6) is -8.83. The van der Waals surface area contributed by atoms with Crippen LogP contribution in [-0.2, 0) is 44.8 Å². The number of nitrogens with two attached hydrogens (primary N) is 1. The number of amides is 7. The van der Waals surface area contributed by atoms with E-state index in [4.69, 9.17) is 15.6 Å². The number of hydrogen-bond donors (Lipinski definition) is 12. The molecule has 2 bridgehead atoms. The quantitative estimate of drug-likeness (QED) is 0.144. The average Bonchev–Trinajstić information content (AvgIpc) is 3.76. The Morgan fingerprint density at radius 1 is 0.887 bits per heavy atom. The van der Waals surface area contributed by atoms with Crippen molar-refractivity contribution in [3.8, 4) is 0 Å². The lowest BCUT2D eigenvalue weighted by molar-refractivity contribution is -0.192. The number of benzene rings is 1. The summed E-state index contributed by atoms with van der Waals surface area (Å²) >= 11 is 1.10. The fraction of sp³-hybridized carbons (Fsp3) is 0.568. The Kier molecular flexibility index (Phi) is 16.0. The van der Waals surface area contributed by atoms with Gasteiger partial charge in [0, 0.05) is 49.0 Å². The van der Waals surface area contributed by atoms with Crippen LogP contribution in [-0.4, -0.2) is 163 Å². The first-order valence-electron chi connectivity index (χ1n) is 19.3. The molecule has 1 aromatic heterocycles. The van der Waals surface area contributed by atoms with Crippen molar-refractivity contribution in [3.05, 3.63) is 29.8 Å². The monoisotopic (exact) mass is 901 g/mol. The molecular weight excluding hydrogens is 852 g/mol. The van der Waals surface area contributed by atoms with E-state index in [0.29, 0.717) is 21.5 Å². The average molecular weight is 902 g/mol. The molecular formula is C37H50F3N9O12S. The van der Waals surface area contributed by atoms with Gasteiger partial charge in [-0.05, 0) is 39.3 Å². The van der Waals surface area contributed by atoms with Gasteiger partial charge in [0.25, 0.3) is 0 Å². The van der Waals surface area contributed by atoms with Crippen molar-refractivity contribution < 1.29 is 72.0 Å². The predicted molar refractivity (Wildman–Crippen MR) is 211 cm³/mol. The molecule has 0 radical (unpaired) electrons. The van der Waals surface area contributed by atoms with Gasteiger partial charge in [-0.25, -0.2) is 4.79 Å². The molecule has 0 unspecified atom stereocenters. The summed E-state index contributed by atoms with van der Waals surface area (Å²) in [6, 6.07) is -2.62. The van der Waals surface area contributed by atoms with Gasteiger partial charge in [0.05, 0.1) is 22.8 Å². The molecule has 25 heteroatoms. The van der Waals surface area contributed by atoms with Crippen LogP contribution in [0.5, 0.6) is 0 Å². The molecule has 21 nitrogen and oxygen atoms in total. The smallest absolute Gasteiger partial charge is 0.475 e. The van der Waals surface area contributed by atoms with Crippen LogP contribution in [0.4, 0.5) is 13.2 Å². The van der Waals surface area contributed by atoms with Crippen molar-refractivity contribution in [1.82, 2.24) is 41.8 Å². The van der Waals surface area contributed by atoms with Crippen LogP contribution in [0.25, 0.3) is 10.9 Å². The van der Waals surface area contributed by atoms with Crippen LogP contribution in [0.1, 0.15) is 46.1 Å². The summed E-state index contributed by atoms with van der Waals surface area (Å²) in [6.45, 7) is 4.70. The number of aromatic amines is 1. The van der Waals surface area contributed by atoms with Gasteiger partial charge in [0.1, 0.15) is 42.3 Å². The molecule has 1 aromatic carbocycles. The Balaban J connectivity index is 0.00000111. The number of aliphatic hydroxyl groups is 3. The van der Waals surface area contributed by atoms with Crippen LogP contribution in [0, 0.1) is 0 Å². The largest absolute Gasteiger partial charge is 0.490 e. The Morgan fingerprint density at radius 3 is 2.06 bits per heavy atom. The molecule has 342 valence electrons. The molecule has 10 atom stereocenters. The maximum Gasteiger partial charge on any atom is 0.490 e. The number of H-pyrrole nitrogens is 1. The van der Waals surface area contributed by atoms with E-state index in [0.717, 1.165) is 16.7 Å². The van der Waals surface area contributed by atoms with E-state index in [9.17, 15) is 62.1 Å². The van der Waals surface area contributed by atoms with E-state index >= 15 is 0 Å². The highest BCUT2D eigenvalue weighted by Crippen LogP contribution is 2.32. The van der Waals surface area contributed by atoms with E-state index in [2.05, 4.69) is 36.9 Å². The number of aliphatic hydroxyl groups excluding tert-OH is 2. The van der Waals surface area contributed by atoms with Gasteiger partial charge in [-0.2, -0.15) is 13.2 Å². The molecule has 3 aliphatic rings. The van der Waals surface area contributed by atoms with Crippen LogP contribution < -0.4 is 37.6 Å². The maximum absolute atomic E-state index is 14.3. The van der Waals surface area contributed by atoms with Gasteiger partial charge >= 0.3 is 12.1 Å². The number of carbonyl (C=O) groups is 8. The summed E-state index contributed by atoms with van der Waals surface area (Å²) < 4.78 is 31.7. The molecule has 1 fully saturated rings. The van der Waals surface area contributed by atoms with Crippen molar-refractivity contribution in [2.24, 2.45) is 5.73 Å². The Morgan fingerprint density at radius 2 is 1.47 bits per heavy atom. The topological polar surface area (TPSA) is 335 Å². The Hall–Kier alpha value is -5.50. The van der Waals surface area contributed by atoms with Crippen LogP contribution in [0.2, 0.25) is 0 Å². The minimum Gasteiger partial charge on any atom is -0.475 e. The zero-order valence-electron chi connectivity index (χ0n) is 33.9. The lowest BCUT2D eigenvalue weighted by atomic mass is 9.95. The van der Waals surface area contributed by atoms with Crippen LogP contribution >= 0.6 is 11.8 Å². The molecule has 7 amide bonds. The second kappa shape index (κ2) is 20.1. The Labute approximate surface area is 355 Å². The fourth-order valence-corrected chi connectivity index (χ4v) is 7.87. The maximum atomic E-state index is 14.3. The highest BCUT2D eigenvalue weighted by Gasteiger charge is 2.44. The molecule has 2 aromatic rings. The van der Waals surface area contributed by atoms with Crippen molar-refractivity contribution >= 4 is 70.0 Å². The first kappa shape index (κ1) is 49.2. The molecule has 1 saturated heterocycles. The van der Waals surface area contributed by atoms with Gasteiger partial charge in [0.2, 0.25) is 41.4 Å². The number of hydrogen-bond acceptors (Lipinski definition) is 13. The van der Waals surface area contributed by atoms with Gasteiger partial charge in [-0.1, -0.05) is 18.2 Å². The Bertz CT molecular complexity index is 2050. The SMILES string of the molecule is C[C@@H]1NC(=O)[C@H](C[C@@](C)(O)CN)NC(=O)[C@@H]2Cc3c([nH]c4ccccc34)SC[C@H](NC(=O)[C@@H]([C@H](C)O)NC1=O)C(=O)N1C[C@@H](O)C[C@H]1C(=O)N[C@@H](C)C(=O)N2.O=C(O)C(F)(F)F. The number of rotatable bonds is 4. The first-order valence-corrected chi connectivity index (χ1v) is 20.3. The van der Waals surface area contributed by atoms with Gasteiger partial charge in [0.15, 0.2) is 0 Å². The highest BCUT2D eigenvalue weighted by molar-refractivity contribution is 7.99. The molecule has 62 heavy (non-hydrogen) atoms. The number of para-hydroxylation sites is 1. The molecule has 4 heterocycles. The van der Waals surface area contributed by atoms with Crippen molar-refractivity contribution in [2.75, 3.05) is 18.8 Å². The predicted octanol–water partition coefficient (Wildman–Crippen LogP) is -3.15. The lowest BCUT2D eigenvalue weighted by Crippen LogP contribution is -2.62. The van der Waals surface area contributed by atoms with E-state index in [1.165, 1.54) is 27.7 Å². The third-order valence-electron chi connectivity index (χ3n) is 10.2. The minimum absolute atomic E-state index is 0.159. The summed E-state index contributed by atoms with van der Waals surface area (Å²) in [5.41, 5.74) is 5.27. The van der Waals surface area contributed by atoms with E-state index in [-0.39, 0.29) is 31.7 Å². The highest BCUT2D eigenvalue weighted by atomic mass is 32.2. The van der Waals surface area contributed by atoms with Crippen LogP contribution in [0.3, 0.4) is 0 Å². The number of alkyl halides is 3. The third kappa shape index (κ3) is 12.3. The molecule has 5 rings (SSSR count).